The summed E-state index contributed by atoms with van der Waals surface area (Å²) in [5.41, 5.74) is 2.77. The van der Waals surface area contributed by atoms with Gasteiger partial charge in [-0.05, 0) is 55.0 Å². The molecule has 3 rings (SSSR count). The van der Waals surface area contributed by atoms with E-state index in [2.05, 4.69) is 15.7 Å². The second-order valence-corrected chi connectivity index (χ2v) is 10.9. The fourth-order valence-electron chi connectivity index (χ4n) is 3.97. The van der Waals surface area contributed by atoms with E-state index < -0.39 is 43.3 Å². The van der Waals surface area contributed by atoms with Crippen LogP contribution in [0.1, 0.15) is 31.7 Å². The van der Waals surface area contributed by atoms with Gasteiger partial charge in [-0.1, -0.05) is 12.1 Å². The molecule has 0 saturated carbocycles. The number of carbonyl (C=O) groups excluding carboxylic acids is 2. The van der Waals surface area contributed by atoms with Crippen LogP contribution in [0.4, 0.5) is 23.8 Å². The number of fused-ring (bicyclic) bond motifs is 1. The Labute approximate surface area is 240 Å². The van der Waals surface area contributed by atoms with Crippen molar-refractivity contribution in [1.29, 1.82) is 0 Å². The molecule has 0 radical (unpaired) electrons. The van der Waals surface area contributed by atoms with Crippen LogP contribution in [0, 0.1) is 17.5 Å². The molecule has 0 aliphatic carbocycles. The van der Waals surface area contributed by atoms with E-state index in [9.17, 15) is 27.3 Å². The van der Waals surface area contributed by atoms with Gasteiger partial charge < -0.3 is 4.74 Å². The van der Waals surface area contributed by atoms with Crippen LogP contribution in [0.2, 0.25) is 0 Å². The molecule has 11 nitrogen and oxygen atoms in total. The molecule has 1 aromatic heterocycles. The minimum Gasteiger partial charge on any atom is -0.447 e. The summed E-state index contributed by atoms with van der Waals surface area (Å²) in [6.45, 7) is 0.763. The van der Waals surface area contributed by atoms with E-state index in [0.29, 0.717) is 23.6 Å². The van der Waals surface area contributed by atoms with Crippen LogP contribution in [-0.2, 0) is 34.2 Å². The number of phosphoric ester groups is 1. The standard InChI is InChI=1S/C27H32F3N4O7P/c1-18(35)34(32-16-20-7-6-9-24(29)26(20)30)23(8-4-5-12-41-42(37,38-2)39-3)17-40-27(36)33-25-14-21-13-22(28)11-10-19(21)15-31-25/h6-7,9-11,13-15,23,32H,4-5,8,12,16-17H2,1-3H3,(H,31,33,36)/t23-/m0/s1. The van der Waals surface area contributed by atoms with Crippen molar-refractivity contribution in [2.24, 2.45) is 0 Å². The van der Waals surface area contributed by atoms with Crippen LogP contribution < -0.4 is 10.7 Å². The molecule has 15 heteroatoms. The third-order valence-corrected chi connectivity index (χ3v) is 7.52. The van der Waals surface area contributed by atoms with Gasteiger partial charge in [0.25, 0.3) is 0 Å². The van der Waals surface area contributed by atoms with Crippen LogP contribution >= 0.6 is 7.82 Å². The summed E-state index contributed by atoms with van der Waals surface area (Å²) in [6, 6.07) is 8.56. The highest BCUT2D eigenvalue weighted by atomic mass is 31.2. The zero-order chi connectivity index (χ0) is 30.7. The van der Waals surface area contributed by atoms with Crippen molar-refractivity contribution < 1.29 is 45.6 Å². The zero-order valence-electron chi connectivity index (χ0n) is 23.3. The number of halogens is 3. The first-order chi connectivity index (χ1) is 20.0. The lowest BCUT2D eigenvalue weighted by Crippen LogP contribution is -2.50. The SMILES string of the molecule is COP(=O)(OC)OCCCC[C@@H](COC(=O)Nc1cc2cc(F)ccc2cn1)N(NCc1cccc(F)c1F)C(C)=O. The molecule has 0 saturated heterocycles. The molecule has 0 unspecified atom stereocenters. The lowest BCUT2D eigenvalue weighted by Gasteiger charge is -2.31. The van der Waals surface area contributed by atoms with E-state index in [0.717, 1.165) is 6.07 Å². The number of hydrogen-bond acceptors (Lipinski definition) is 9. The minimum absolute atomic E-state index is 0.0132. The molecule has 42 heavy (non-hydrogen) atoms. The molecule has 2 aromatic carbocycles. The van der Waals surface area contributed by atoms with Gasteiger partial charge in [0, 0.05) is 44.8 Å². The molecular weight excluding hydrogens is 580 g/mol. The van der Waals surface area contributed by atoms with Crippen LogP contribution in [-0.4, -0.2) is 55.5 Å². The first-order valence-corrected chi connectivity index (χ1v) is 14.3. The zero-order valence-corrected chi connectivity index (χ0v) is 24.2. The van der Waals surface area contributed by atoms with E-state index in [-0.39, 0.29) is 37.6 Å². The molecule has 3 aromatic rings. The molecule has 228 valence electrons. The summed E-state index contributed by atoms with van der Waals surface area (Å²) in [5.74, 6) is -2.89. The Bertz CT molecular complexity index is 1420. The van der Waals surface area contributed by atoms with Gasteiger partial charge in [0.15, 0.2) is 11.6 Å². The number of amides is 2. The predicted molar refractivity (Wildman–Crippen MR) is 148 cm³/mol. The summed E-state index contributed by atoms with van der Waals surface area (Å²) >= 11 is 0. The molecule has 0 spiro atoms. The molecule has 0 aliphatic rings. The smallest absolute Gasteiger partial charge is 0.447 e. The number of unbranched alkanes of at least 4 members (excludes halogenated alkanes) is 1. The summed E-state index contributed by atoms with van der Waals surface area (Å²) in [4.78, 5) is 29.2. The van der Waals surface area contributed by atoms with Crippen LogP contribution in [0.5, 0.6) is 0 Å². The van der Waals surface area contributed by atoms with Crippen LogP contribution in [0.25, 0.3) is 10.8 Å². The van der Waals surface area contributed by atoms with Crippen molar-refractivity contribution in [2.45, 2.75) is 38.8 Å². The summed E-state index contributed by atoms with van der Waals surface area (Å²) in [6.07, 6.45) is 1.65. The monoisotopic (exact) mass is 612 g/mol. The predicted octanol–water partition coefficient (Wildman–Crippen LogP) is 5.71. The van der Waals surface area contributed by atoms with E-state index in [4.69, 9.17) is 18.3 Å². The average Bonchev–Trinajstić information content (AvgIpc) is 2.96. The number of benzene rings is 2. The maximum atomic E-state index is 14.2. The number of phosphoric acid groups is 1. The fourth-order valence-corrected chi connectivity index (χ4v) is 4.68. The number of ether oxygens (including phenoxy) is 1. The van der Waals surface area contributed by atoms with Crippen molar-refractivity contribution in [3.63, 3.8) is 0 Å². The molecule has 2 N–H and O–H groups in total. The van der Waals surface area contributed by atoms with Crippen LogP contribution in [0.3, 0.4) is 0 Å². The summed E-state index contributed by atoms with van der Waals surface area (Å²) in [7, 11) is -1.28. The second kappa shape index (κ2) is 15.6. The van der Waals surface area contributed by atoms with E-state index in [1.165, 1.54) is 62.7 Å². The Kier molecular flexibility index (Phi) is 12.3. The van der Waals surface area contributed by atoms with E-state index in [1.54, 1.807) is 6.07 Å². The van der Waals surface area contributed by atoms with Gasteiger partial charge >= 0.3 is 13.9 Å². The Morgan fingerprint density at radius 2 is 1.81 bits per heavy atom. The maximum Gasteiger partial charge on any atom is 0.474 e. The minimum atomic E-state index is -3.66. The van der Waals surface area contributed by atoms with Crippen molar-refractivity contribution >= 4 is 36.4 Å². The normalized spacial score (nSPS) is 12.2. The Balaban J connectivity index is 1.67. The van der Waals surface area contributed by atoms with E-state index in [1.807, 2.05) is 0 Å². The van der Waals surface area contributed by atoms with E-state index >= 15 is 0 Å². The molecule has 0 aliphatic heterocycles. The van der Waals surface area contributed by atoms with Gasteiger partial charge in [0.05, 0.1) is 12.6 Å². The largest absolute Gasteiger partial charge is 0.474 e. The van der Waals surface area contributed by atoms with Gasteiger partial charge in [-0.25, -0.2) is 32.9 Å². The third kappa shape index (κ3) is 9.50. The Hall–Kier alpha value is -3.55. The number of carbonyl (C=O) groups is 2. The van der Waals surface area contributed by atoms with Gasteiger partial charge in [-0.15, -0.1) is 0 Å². The Morgan fingerprint density at radius 3 is 2.52 bits per heavy atom. The molecule has 1 heterocycles. The number of aromatic nitrogens is 1. The van der Waals surface area contributed by atoms with Crippen molar-refractivity contribution in [3.05, 3.63) is 71.7 Å². The van der Waals surface area contributed by atoms with Crippen molar-refractivity contribution in [1.82, 2.24) is 15.4 Å². The number of rotatable bonds is 15. The fraction of sp³-hybridized carbons (Fsp3) is 0.370. The lowest BCUT2D eigenvalue weighted by molar-refractivity contribution is -0.136. The van der Waals surface area contributed by atoms with Gasteiger partial charge in [0.1, 0.15) is 18.2 Å². The number of pyridine rings is 1. The Morgan fingerprint density at radius 1 is 1.05 bits per heavy atom. The average molecular weight is 613 g/mol. The topological polar surface area (TPSA) is 128 Å². The number of nitrogens with zero attached hydrogens (tertiary/aromatic N) is 2. The molecular formula is C27H32F3N4O7P. The molecule has 0 bridgehead atoms. The number of hydrazine groups is 1. The van der Waals surface area contributed by atoms with Crippen molar-refractivity contribution in [3.8, 4) is 0 Å². The summed E-state index contributed by atoms with van der Waals surface area (Å²) < 4.78 is 73.5. The second-order valence-electron chi connectivity index (χ2n) is 9.02. The highest BCUT2D eigenvalue weighted by molar-refractivity contribution is 7.48. The maximum absolute atomic E-state index is 14.2. The van der Waals surface area contributed by atoms with Gasteiger partial charge in [-0.2, -0.15) is 0 Å². The first-order valence-electron chi connectivity index (χ1n) is 12.9. The first kappa shape index (κ1) is 33.0. The van der Waals surface area contributed by atoms with Gasteiger partial charge in [-0.3, -0.25) is 28.7 Å². The number of hydrogen-bond donors (Lipinski definition) is 2. The number of nitrogens with one attached hydrogen (secondary N) is 2. The highest BCUT2D eigenvalue weighted by Crippen LogP contribution is 2.47. The molecule has 2 amide bonds. The van der Waals surface area contributed by atoms with Crippen LogP contribution in [0.15, 0.2) is 48.7 Å². The molecule has 0 fully saturated rings. The lowest BCUT2D eigenvalue weighted by atomic mass is 10.1. The summed E-state index contributed by atoms with van der Waals surface area (Å²) in [5, 5.41) is 4.83. The van der Waals surface area contributed by atoms with Gasteiger partial charge in [0.2, 0.25) is 5.91 Å². The number of anilines is 1. The van der Waals surface area contributed by atoms with Crippen molar-refractivity contribution in [2.75, 3.05) is 32.8 Å². The third-order valence-electron chi connectivity index (χ3n) is 6.12. The molecule has 1 atom stereocenters. The quantitative estimate of drug-likeness (QED) is 0.126. The highest BCUT2D eigenvalue weighted by Gasteiger charge is 2.25.